The molecule has 41 heavy (non-hydrogen) atoms. The third-order valence-corrected chi connectivity index (χ3v) is 7.70. The second kappa shape index (κ2) is 11.4. The molecule has 5 rings (SSSR count). The first-order valence-corrected chi connectivity index (χ1v) is 13.4. The van der Waals surface area contributed by atoms with Crippen LogP contribution in [0.25, 0.3) is 0 Å². The number of ether oxygens (including phenoxy) is 5. The SMILES string of the molecule is C=CC[C@]1(c2ccc3c(c2)OCO3)c2ccc(OCCC)cc2[C@@H](c2ccc(OC)cc2OCC(=O)O)[C@H]1C(=O)O. The van der Waals surface area contributed by atoms with E-state index >= 15 is 0 Å². The summed E-state index contributed by atoms with van der Waals surface area (Å²) in [6.45, 7) is 6.00. The van der Waals surface area contributed by atoms with Gasteiger partial charge in [-0.2, -0.15) is 0 Å². The van der Waals surface area contributed by atoms with Gasteiger partial charge >= 0.3 is 11.9 Å². The van der Waals surface area contributed by atoms with Crippen molar-refractivity contribution in [3.63, 3.8) is 0 Å². The van der Waals surface area contributed by atoms with Crippen LogP contribution in [0, 0.1) is 5.92 Å². The average molecular weight is 561 g/mol. The van der Waals surface area contributed by atoms with E-state index in [1.807, 2.05) is 37.3 Å². The molecule has 0 aromatic heterocycles. The predicted molar refractivity (Wildman–Crippen MR) is 149 cm³/mol. The van der Waals surface area contributed by atoms with E-state index in [1.165, 1.54) is 7.11 Å². The molecule has 3 aromatic rings. The van der Waals surface area contributed by atoms with Crippen molar-refractivity contribution in [3.8, 4) is 28.7 Å². The number of carboxylic acids is 2. The van der Waals surface area contributed by atoms with Gasteiger partial charge in [0, 0.05) is 23.0 Å². The number of methoxy groups -OCH3 is 1. The summed E-state index contributed by atoms with van der Waals surface area (Å²) in [5.74, 6) is -1.52. The van der Waals surface area contributed by atoms with Gasteiger partial charge in [0.2, 0.25) is 6.79 Å². The minimum absolute atomic E-state index is 0.0864. The molecule has 0 saturated carbocycles. The Morgan fingerprint density at radius 3 is 2.49 bits per heavy atom. The lowest BCUT2D eigenvalue weighted by atomic mass is 9.65. The normalized spacial score (nSPS) is 20.2. The molecule has 0 radical (unpaired) electrons. The van der Waals surface area contributed by atoms with E-state index in [4.69, 9.17) is 23.7 Å². The number of allylic oxidation sites excluding steroid dienone is 1. The van der Waals surface area contributed by atoms with Gasteiger partial charge in [0.15, 0.2) is 18.1 Å². The predicted octanol–water partition coefficient (Wildman–Crippen LogP) is 5.38. The summed E-state index contributed by atoms with van der Waals surface area (Å²) in [5, 5.41) is 20.3. The molecule has 3 atom stereocenters. The van der Waals surface area contributed by atoms with E-state index in [2.05, 4.69) is 6.58 Å². The number of hydrogen-bond donors (Lipinski definition) is 2. The summed E-state index contributed by atoms with van der Waals surface area (Å²) in [6.07, 6.45) is 2.84. The minimum atomic E-state index is -1.16. The van der Waals surface area contributed by atoms with Crippen molar-refractivity contribution in [1.82, 2.24) is 0 Å². The zero-order valence-electron chi connectivity index (χ0n) is 22.9. The van der Waals surface area contributed by atoms with Gasteiger partial charge in [0.1, 0.15) is 17.2 Å². The molecule has 0 saturated heterocycles. The highest BCUT2D eigenvalue weighted by Crippen LogP contribution is 2.60. The molecule has 2 aliphatic rings. The first-order valence-electron chi connectivity index (χ1n) is 13.4. The Hall–Kier alpha value is -4.66. The number of carbonyl (C=O) groups is 2. The molecule has 0 amide bonds. The third-order valence-electron chi connectivity index (χ3n) is 7.70. The summed E-state index contributed by atoms with van der Waals surface area (Å²) in [5.41, 5.74) is 1.76. The second-order valence-electron chi connectivity index (χ2n) is 10.0. The molecule has 9 heteroatoms. The maximum atomic E-state index is 13.4. The van der Waals surface area contributed by atoms with Gasteiger partial charge in [-0.3, -0.25) is 4.79 Å². The molecule has 1 aliphatic heterocycles. The second-order valence-corrected chi connectivity index (χ2v) is 10.0. The molecule has 214 valence electrons. The maximum Gasteiger partial charge on any atom is 0.341 e. The van der Waals surface area contributed by atoms with Gasteiger partial charge in [-0.1, -0.05) is 31.2 Å². The van der Waals surface area contributed by atoms with Crippen molar-refractivity contribution < 1.29 is 43.5 Å². The van der Waals surface area contributed by atoms with Crippen molar-refractivity contribution in [2.24, 2.45) is 5.92 Å². The molecule has 2 N–H and O–H groups in total. The number of benzene rings is 3. The van der Waals surface area contributed by atoms with E-state index in [9.17, 15) is 19.8 Å². The van der Waals surface area contributed by atoms with Crippen LogP contribution in [-0.2, 0) is 15.0 Å². The van der Waals surface area contributed by atoms with Crippen LogP contribution in [0.3, 0.4) is 0 Å². The lowest BCUT2D eigenvalue weighted by Crippen LogP contribution is -2.39. The molecule has 1 heterocycles. The third kappa shape index (κ3) is 4.92. The van der Waals surface area contributed by atoms with Crippen molar-refractivity contribution in [3.05, 3.63) is 89.5 Å². The Bertz CT molecular complexity index is 1480. The van der Waals surface area contributed by atoms with Crippen LogP contribution < -0.4 is 23.7 Å². The highest BCUT2D eigenvalue weighted by molar-refractivity contribution is 5.81. The monoisotopic (exact) mass is 560 g/mol. The van der Waals surface area contributed by atoms with Crippen LogP contribution in [0.4, 0.5) is 0 Å². The van der Waals surface area contributed by atoms with E-state index in [0.717, 1.165) is 23.1 Å². The van der Waals surface area contributed by atoms with Crippen molar-refractivity contribution in [1.29, 1.82) is 0 Å². The van der Waals surface area contributed by atoms with Crippen LogP contribution >= 0.6 is 0 Å². The van der Waals surface area contributed by atoms with Crippen LogP contribution in [0.15, 0.2) is 67.3 Å². The fourth-order valence-electron chi connectivity index (χ4n) is 6.10. The van der Waals surface area contributed by atoms with Crippen LogP contribution in [0.1, 0.15) is 47.9 Å². The Morgan fingerprint density at radius 1 is 1.00 bits per heavy atom. The van der Waals surface area contributed by atoms with E-state index in [0.29, 0.717) is 41.6 Å². The van der Waals surface area contributed by atoms with Crippen molar-refractivity contribution >= 4 is 11.9 Å². The summed E-state index contributed by atoms with van der Waals surface area (Å²) in [4.78, 5) is 24.9. The van der Waals surface area contributed by atoms with E-state index in [-0.39, 0.29) is 12.5 Å². The molecule has 0 spiro atoms. The van der Waals surface area contributed by atoms with Gasteiger partial charge in [-0.15, -0.1) is 6.58 Å². The van der Waals surface area contributed by atoms with Crippen molar-refractivity contribution in [2.45, 2.75) is 31.1 Å². The van der Waals surface area contributed by atoms with E-state index < -0.39 is 35.8 Å². The lowest BCUT2D eigenvalue weighted by Gasteiger charge is -2.36. The lowest BCUT2D eigenvalue weighted by molar-refractivity contribution is -0.144. The number of rotatable bonds is 12. The number of aliphatic carboxylic acids is 2. The Balaban J connectivity index is 1.79. The molecule has 3 aromatic carbocycles. The summed E-state index contributed by atoms with van der Waals surface area (Å²) in [6, 6.07) is 16.2. The van der Waals surface area contributed by atoms with Crippen LogP contribution in [0.2, 0.25) is 0 Å². The quantitative estimate of drug-likeness (QED) is 0.281. The molecule has 0 unspecified atom stereocenters. The molecular weight excluding hydrogens is 528 g/mol. The summed E-state index contributed by atoms with van der Waals surface area (Å²) >= 11 is 0. The smallest absolute Gasteiger partial charge is 0.341 e. The van der Waals surface area contributed by atoms with Gasteiger partial charge in [0.25, 0.3) is 0 Å². The highest BCUT2D eigenvalue weighted by atomic mass is 16.7. The number of hydrogen-bond acceptors (Lipinski definition) is 7. The zero-order chi connectivity index (χ0) is 29.1. The highest BCUT2D eigenvalue weighted by Gasteiger charge is 2.57. The largest absolute Gasteiger partial charge is 0.497 e. The van der Waals surface area contributed by atoms with Gasteiger partial charge in [-0.25, -0.2) is 4.79 Å². The molecule has 0 fully saturated rings. The first-order chi connectivity index (χ1) is 19.8. The summed E-state index contributed by atoms with van der Waals surface area (Å²) in [7, 11) is 1.49. The molecule has 0 bridgehead atoms. The van der Waals surface area contributed by atoms with Gasteiger partial charge in [0.05, 0.1) is 19.6 Å². The Labute approximate surface area is 237 Å². The fraction of sp³-hybridized carbons (Fsp3) is 0.312. The van der Waals surface area contributed by atoms with Crippen LogP contribution in [0.5, 0.6) is 28.7 Å². The minimum Gasteiger partial charge on any atom is -0.497 e. The zero-order valence-corrected chi connectivity index (χ0v) is 22.9. The molecule has 9 nitrogen and oxygen atoms in total. The topological polar surface area (TPSA) is 121 Å². The molecule has 1 aliphatic carbocycles. The van der Waals surface area contributed by atoms with Crippen molar-refractivity contribution in [2.75, 3.05) is 27.1 Å². The van der Waals surface area contributed by atoms with Crippen LogP contribution in [-0.4, -0.2) is 49.3 Å². The first kappa shape index (κ1) is 27.9. The summed E-state index contributed by atoms with van der Waals surface area (Å²) < 4.78 is 28.3. The average Bonchev–Trinajstić information content (AvgIpc) is 3.55. The standard InChI is InChI=1S/C32H32O9/c1-4-12-32(19-6-11-25-27(14-19)41-18-40-25)24-10-8-21(38-13-5-2)15-23(24)29(30(32)31(35)36)22-9-7-20(37-3)16-26(22)39-17-28(33)34/h4,6-11,14-16,29-30H,1,5,12-13,17-18H2,2-3H3,(H,33,34)(H,35,36)/t29-,30+,32+/m1/s1. The van der Waals surface area contributed by atoms with Gasteiger partial charge < -0.3 is 33.9 Å². The molecular formula is C32H32O9. The Kier molecular flexibility index (Phi) is 7.79. The van der Waals surface area contributed by atoms with Gasteiger partial charge in [-0.05, 0) is 59.9 Å². The van der Waals surface area contributed by atoms with E-state index in [1.54, 1.807) is 30.3 Å². The Morgan fingerprint density at radius 2 is 1.78 bits per heavy atom. The maximum absolute atomic E-state index is 13.4. The number of fused-ring (bicyclic) bond motifs is 2. The fourth-order valence-corrected chi connectivity index (χ4v) is 6.10. The number of carboxylic acid groups (broad SMARTS) is 2.